The molecule has 1 N–H and O–H groups in total. The second kappa shape index (κ2) is 7.81. The molecule has 1 atom stereocenters. The summed E-state index contributed by atoms with van der Waals surface area (Å²) in [7, 11) is -3.84. The summed E-state index contributed by atoms with van der Waals surface area (Å²) < 4.78 is 40.9. The normalized spacial score (nSPS) is 15.6. The molecule has 0 aromatic heterocycles. The van der Waals surface area contributed by atoms with Gasteiger partial charge < -0.3 is 5.32 Å². The number of nitrogens with zero attached hydrogens (tertiary/aromatic N) is 1. The van der Waals surface area contributed by atoms with E-state index in [2.05, 4.69) is 5.32 Å². The summed E-state index contributed by atoms with van der Waals surface area (Å²) in [6, 6.07) is 15.3. The van der Waals surface area contributed by atoms with Crippen LogP contribution in [0.2, 0.25) is 0 Å². The van der Waals surface area contributed by atoms with Gasteiger partial charge in [0.2, 0.25) is 0 Å². The Kier molecular flexibility index (Phi) is 5.31. The molecule has 160 valence electrons. The van der Waals surface area contributed by atoms with Gasteiger partial charge in [0.05, 0.1) is 10.6 Å². The first-order chi connectivity index (χ1) is 14.7. The van der Waals surface area contributed by atoms with Crippen LogP contribution in [0.5, 0.6) is 0 Å². The fraction of sp³-hybridized carbons (Fsp3) is 0.208. The van der Waals surface area contributed by atoms with Crippen LogP contribution >= 0.6 is 0 Å². The Morgan fingerprint density at radius 1 is 1.03 bits per heavy atom. The molecule has 0 saturated carbocycles. The third-order valence-electron chi connectivity index (χ3n) is 5.50. The minimum atomic E-state index is -3.84. The van der Waals surface area contributed by atoms with Crippen LogP contribution in [0.3, 0.4) is 0 Å². The van der Waals surface area contributed by atoms with Crippen LogP contribution in [0.25, 0.3) is 0 Å². The Morgan fingerprint density at radius 2 is 1.74 bits per heavy atom. The number of benzene rings is 3. The number of hydrogen-bond acceptors (Lipinski definition) is 3. The molecule has 0 aliphatic carbocycles. The Morgan fingerprint density at radius 3 is 2.42 bits per heavy atom. The summed E-state index contributed by atoms with van der Waals surface area (Å²) in [5.74, 6) is -0.740. The van der Waals surface area contributed by atoms with E-state index in [1.165, 1.54) is 16.4 Å². The van der Waals surface area contributed by atoms with Gasteiger partial charge in [0, 0.05) is 17.3 Å². The van der Waals surface area contributed by atoms with Crippen LogP contribution in [0.1, 0.15) is 34.0 Å². The zero-order chi connectivity index (χ0) is 22.3. The van der Waals surface area contributed by atoms with Crippen LogP contribution < -0.4 is 9.62 Å². The van der Waals surface area contributed by atoms with Crippen LogP contribution in [-0.4, -0.2) is 20.4 Å². The third-order valence-corrected chi connectivity index (χ3v) is 7.44. The summed E-state index contributed by atoms with van der Waals surface area (Å²) >= 11 is 0. The van der Waals surface area contributed by atoms with Gasteiger partial charge in [0.15, 0.2) is 0 Å². The molecule has 5 nitrogen and oxygen atoms in total. The molecule has 0 saturated heterocycles. The van der Waals surface area contributed by atoms with E-state index in [9.17, 15) is 17.6 Å². The van der Waals surface area contributed by atoms with Crippen LogP contribution in [0.15, 0.2) is 65.6 Å². The van der Waals surface area contributed by atoms with E-state index < -0.39 is 15.8 Å². The molecule has 1 aliphatic rings. The minimum absolute atomic E-state index is 0.0327. The standard InChI is InChI=1S/C24H23FN2O3S/c1-15-4-10-22(16(2)12-15)26-24(28)18-5-11-23-19(14-18)13-17(3)27(23)31(29,30)21-8-6-20(25)7-9-21/h4-12,14,17H,13H2,1-3H3,(H,26,28)/t17-/m0/s1. The van der Waals surface area contributed by atoms with Crippen LogP contribution in [0, 0.1) is 19.7 Å². The summed E-state index contributed by atoms with van der Waals surface area (Å²) in [5.41, 5.74) is 4.62. The highest BCUT2D eigenvalue weighted by Crippen LogP contribution is 2.37. The van der Waals surface area contributed by atoms with Crippen molar-refractivity contribution in [3.63, 3.8) is 0 Å². The van der Waals surface area contributed by atoms with E-state index in [1.54, 1.807) is 18.2 Å². The van der Waals surface area contributed by atoms with Crippen molar-refractivity contribution in [2.75, 3.05) is 9.62 Å². The van der Waals surface area contributed by atoms with Crippen molar-refractivity contribution in [3.8, 4) is 0 Å². The largest absolute Gasteiger partial charge is 0.322 e. The molecule has 0 radical (unpaired) electrons. The van der Waals surface area contributed by atoms with Gasteiger partial charge in [-0.3, -0.25) is 9.10 Å². The minimum Gasteiger partial charge on any atom is -0.322 e. The maximum atomic E-state index is 13.2. The Hall–Kier alpha value is -3.19. The lowest BCUT2D eigenvalue weighted by Crippen LogP contribution is -2.35. The number of halogens is 1. The smallest absolute Gasteiger partial charge is 0.264 e. The molecule has 1 heterocycles. The van der Waals surface area contributed by atoms with Gasteiger partial charge in [0.1, 0.15) is 5.82 Å². The Bertz CT molecular complexity index is 1270. The van der Waals surface area contributed by atoms with Crippen molar-refractivity contribution < 1.29 is 17.6 Å². The number of amides is 1. The molecule has 0 spiro atoms. The number of carbonyl (C=O) groups excluding carboxylic acids is 1. The monoisotopic (exact) mass is 438 g/mol. The number of rotatable bonds is 4. The first kappa shape index (κ1) is 21.1. The van der Waals surface area contributed by atoms with Crippen molar-refractivity contribution in [1.82, 2.24) is 0 Å². The van der Waals surface area contributed by atoms with Crippen LogP contribution in [-0.2, 0) is 16.4 Å². The van der Waals surface area contributed by atoms with Gasteiger partial charge in [0.25, 0.3) is 15.9 Å². The zero-order valence-corrected chi connectivity index (χ0v) is 18.3. The quantitative estimate of drug-likeness (QED) is 0.634. The number of anilines is 2. The van der Waals surface area contributed by atoms with Gasteiger partial charge in [-0.05, 0) is 86.8 Å². The van der Waals surface area contributed by atoms with Crippen molar-refractivity contribution in [2.24, 2.45) is 0 Å². The van der Waals surface area contributed by atoms with Gasteiger partial charge in [-0.25, -0.2) is 12.8 Å². The molecular formula is C24H23FN2O3S. The van der Waals surface area contributed by atoms with Crippen molar-refractivity contribution in [2.45, 2.75) is 38.1 Å². The van der Waals surface area contributed by atoms with Gasteiger partial charge >= 0.3 is 0 Å². The fourth-order valence-corrected chi connectivity index (χ4v) is 5.67. The maximum absolute atomic E-state index is 13.2. The number of hydrogen-bond donors (Lipinski definition) is 1. The second-order valence-electron chi connectivity index (χ2n) is 7.92. The van der Waals surface area contributed by atoms with Crippen molar-refractivity contribution in [3.05, 3.63) is 88.7 Å². The SMILES string of the molecule is Cc1ccc(NC(=O)c2ccc3c(c2)C[C@H](C)N3S(=O)(=O)c2ccc(F)cc2)c(C)c1. The third kappa shape index (κ3) is 3.93. The van der Waals surface area contributed by atoms with Gasteiger partial charge in [-0.2, -0.15) is 0 Å². The number of aryl methyl sites for hydroxylation is 2. The molecule has 0 fully saturated rings. The fourth-order valence-electron chi connectivity index (χ4n) is 3.98. The molecule has 7 heteroatoms. The Labute approximate surface area is 181 Å². The summed E-state index contributed by atoms with van der Waals surface area (Å²) in [6.07, 6.45) is 0.487. The van der Waals surface area contributed by atoms with Crippen molar-refractivity contribution in [1.29, 1.82) is 0 Å². The van der Waals surface area contributed by atoms with E-state index in [4.69, 9.17) is 0 Å². The summed E-state index contributed by atoms with van der Waals surface area (Å²) in [6.45, 7) is 5.74. The number of nitrogens with one attached hydrogen (secondary N) is 1. The summed E-state index contributed by atoms with van der Waals surface area (Å²) in [4.78, 5) is 12.8. The van der Waals surface area contributed by atoms with E-state index in [1.807, 2.05) is 39.0 Å². The Balaban J connectivity index is 1.63. The lowest BCUT2D eigenvalue weighted by atomic mass is 10.1. The second-order valence-corrected chi connectivity index (χ2v) is 9.74. The molecule has 31 heavy (non-hydrogen) atoms. The molecular weight excluding hydrogens is 415 g/mol. The van der Waals surface area contributed by atoms with E-state index in [0.717, 1.165) is 34.5 Å². The van der Waals surface area contributed by atoms with E-state index in [0.29, 0.717) is 17.7 Å². The lowest BCUT2D eigenvalue weighted by Gasteiger charge is -2.24. The highest BCUT2D eigenvalue weighted by atomic mass is 32.2. The predicted octanol–water partition coefficient (Wildman–Crippen LogP) is 4.83. The molecule has 4 rings (SSSR count). The van der Waals surface area contributed by atoms with E-state index in [-0.39, 0.29) is 16.8 Å². The first-order valence-corrected chi connectivity index (χ1v) is 11.4. The number of sulfonamides is 1. The molecule has 3 aromatic carbocycles. The first-order valence-electron chi connectivity index (χ1n) is 9.98. The summed E-state index contributed by atoms with van der Waals surface area (Å²) in [5, 5.41) is 2.92. The highest BCUT2D eigenvalue weighted by Gasteiger charge is 2.36. The van der Waals surface area contributed by atoms with Gasteiger partial charge in [-0.15, -0.1) is 0 Å². The van der Waals surface area contributed by atoms with Crippen LogP contribution in [0.4, 0.5) is 15.8 Å². The average Bonchev–Trinajstić information content (AvgIpc) is 3.06. The number of carbonyl (C=O) groups is 1. The molecule has 1 aliphatic heterocycles. The highest BCUT2D eigenvalue weighted by molar-refractivity contribution is 7.92. The molecule has 0 unspecified atom stereocenters. The lowest BCUT2D eigenvalue weighted by molar-refractivity contribution is 0.102. The maximum Gasteiger partial charge on any atom is 0.264 e. The van der Waals surface area contributed by atoms with Gasteiger partial charge in [-0.1, -0.05) is 17.7 Å². The zero-order valence-electron chi connectivity index (χ0n) is 17.5. The predicted molar refractivity (Wildman–Crippen MR) is 120 cm³/mol. The van der Waals surface area contributed by atoms with Crippen molar-refractivity contribution >= 4 is 27.3 Å². The topological polar surface area (TPSA) is 66.5 Å². The molecule has 3 aromatic rings. The van der Waals surface area contributed by atoms with E-state index >= 15 is 0 Å². The molecule has 0 bridgehead atoms. The molecule has 1 amide bonds. The number of fused-ring (bicyclic) bond motifs is 1. The average molecular weight is 439 g/mol.